The number of hydrogen-bond acceptors (Lipinski definition) is 5. The lowest BCUT2D eigenvalue weighted by Crippen LogP contribution is -2.33. The first-order valence-corrected chi connectivity index (χ1v) is 8.71. The Bertz CT molecular complexity index is 1060. The number of carbonyl (C=O) groups is 1. The lowest BCUT2D eigenvalue weighted by molar-refractivity contribution is -0.137. The SMILES string of the molecule is COc1ccc(-c2n[nH]c(=S)n2CC(=O)NNc2ccccc2C(F)(F)F)cc1. The molecule has 0 fully saturated rings. The van der Waals surface area contributed by atoms with Gasteiger partial charge in [-0.05, 0) is 48.6 Å². The van der Waals surface area contributed by atoms with Crippen molar-refractivity contribution in [2.45, 2.75) is 12.7 Å². The molecule has 0 aliphatic rings. The zero-order valence-corrected chi connectivity index (χ0v) is 15.9. The topological polar surface area (TPSA) is 84.0 Å². The molecule has 0 aliphatic carbocycles. The highest BCUT2D eigenvalue weighted by Gasteiger charge is 2.33. The minimum Gasteiger partial charge on any atom is -0.497 e. The number of H-pyrrole nitrogens is 1. The van der Waals surface area contributed by atoms with E-state index in [0.29, 0.717) is 17.1 Å². The molecule has 3 aromatic rings. The molecule has 0 spiro atoms. The van der Waals surface area contributed by atoms with Crippen LogP contribution in [0.5, 0.6) is 5.75 Å². The average Bonchev–Trinajstić information content (AvgIpc) is 3.06. The van der Waals surface area contributed by atoms with E-state index in [1.807, 2.05) is 0 Å². The fourth-order valence-electron chi connectivity index (χ4n) is 2.58. The van der Waals surface area contributed by atoms with Crippen LogP contribution in [0.15, 0.2) is 48.5 Å². The van der Waals surface area contributed by atoms with Crippen LogP contribution in [0.2, 0.25) is 0 Å². The Morgan fingerprint density at radius 3 is 2.55 bits per heavy atom. The van der Waals surface area contributed by atoms with Gasteiger partial charge in [-0.2, -0.15) is 18.3 Å². The molecule has 0 saturated heterocycles. The highest BCUT2D eigenvalue weighted by atomic mass is 32.1. The number of methoxy groups -OCH3 is 1. The van der Waals surface area contributed by atoms with Gasteiger partial charge in [0, 0.05) is 5.56 Å². The fourth-order valence-corrected chi connectivity index (χ4v) is 2.78. The minimum atomic E-state index is -4.55. The monoisotopic (exact) mass is 423 g/mol. The van der Waals surface area contributed by atoms with Crippen LogP contribution in [-0.2, 0) is 17.5 Å². The number of rotatable bonds is 6. The number of hydrogen-bond donors (Lipinski definition) is 3. The van der Waals surface area contributed by atoms with Crippen LogP contribution >= 0.6 is 12.2 Å². The molecule has 7 nitrogen and oxygen atoms in total. The van der Waals surface area contributed by atoms with Gasteiger partial charge in [-0.3, -0.25) is 25.3 Å². The Kier molecular flexibility index (Phi) is 5.87. The molecule has 1 heterocycles. The summed E-state index contributed by atoms with van der Waals surface area (Å²) < 4.78 is 45.8. The summed E-state index contributed by atoms with van der Waals surface area (Å²) in [6.07, 6.45) is -4.55. The Morgan fingerprint density at radius 2 is 1.90 bits per heavy atom. The lowest BCUT2D eigenvalue weighted by atomic mass is 10.2. The summed E-state index contributed by atoms with van der Waals surface area (Å²) >= 11 is 5.16. The number of alkyl halides is 3. The predicted octanol–water partition coefficient (Wildman–Crippen LogP) is 3.78. The molecular weight excluding hydrogens is 407 g/mol. The Labute approximate surface area is 168 Å². The van der Waals surface area contributed by atoms with E-state index in [4.69, 9.17) is 17.0 Å². The maximum atomic E-state index is 13.0. The number of para-hydroxylation sites is 1. The molecule has 0 bridgehead atoms. The van der Waals surface area contributed by atoms with E-state index in [9.17, 15) is 18.0 Å². The molecule has 0 atom stereocenters. The van der Waals surface area contributed by atoms with Gasteiger partial charge < -0.3 is 4.74 Å². The molecule has 0 radical (unpaired) electrons. The molecule has 29 heavy (non-hydrogen) atoms. The third-order valence-corrected chi connectivity index (χ3v) is 4.29. The van der Waals surface area contributed by atoms with Gasteiger partial charge in [-0.1, -0.05) is 12.1 Å². The smallest absolute Gasteiger partial charge is 0.418 e. The molecule has 0 aliphatic heterocycles. The van der Waals surface area contributed by atoms with E-state index in [1.54, 1.807) is 31.4 Å². The van der Waals surface area contributed by atoms with Crippen LogP contribution in [0, 0.1) is 4.77 Å². The molecule has 1 aromatic heterocycles. The number of aromatic amines is 1. The van der Waals surface area contributed by atoms with Crippen LogP contribution < -0.4 is 15.6 Å². The van der Waals surface area contributed by atoms with E-state index in [2.05, 4.69) is 21.0 Å². The number of halogens is 3. The van der Waals surface area contributed by atoms with Crippen molar-refractivity contribution < 1.29 is 22.7 Å². The molecule has 0 unspecified atom stereocenters. The second-order valence-electron chi connectivity index (χ2n) is 5.88. The number of aromatic nitrogens is 3. The van der Waals surface area contributed by atoms with Crippen LogP contribution in [0.4, 0.5) is 18.9 Å². The van der Waals surface area contributed by atoms with E-state index >= 15 is 0 Å². The molecule has 1 amide bonds. The summed E-state index contributed by atoms with van der Waals surface area (Å²) in [6.45, 7) is -0.252. The van der Waals surface area contributed by atoms with Gasteiger partial charge in [0.05, 0.1) is 18.4 Å². The van der Waals surface area contributed by atoms with Crippen LogP contribution in [-0.4, -0.2) is 27.8 Å². The molecule has 0 saturated carbocycles. The molecule has 3 N–H and O–H groups in total. The number of ether oxygens (including phenoxy) is 1. The van der Waals surface area contributed by atoms with Crippen molar-refractivity contribution in [3.05, 3.63) is 58.9 Å². The third-order valence-electron chi connectivity index (χ3n) is 3.98. The van der Waals surface area contributed by atoms with E-state index in [-0.39, 0.29) is 17.0 Å². The Balaban J connectivity index is 1.74. The van der Waals surface area contributed by atoms with E-state index in [1.165, 1.54) is 22.8 Å². The Morgan fingerprint density at radius 1 is 1.21 bits per heavy atom. The van der Waals surface area contributed by atoms with Crippen molar-refractivity contribution in [1.29, 1.82) is 0 Å². The highest BCUT2D eigenvalue weighted by Crippen LogP contribution is 2.34. The van der Waals surface area contributed by atoms with Crippen molar-refractivity contribution in [1.82, 2.24) is 20.2 Å². The van der Waals surface area contributed by atoms with Crippen molar-refractivity contribution in [3.8, 4) is 17.1 Å². The van der Waals surface area contributed by atoms with Crippen LogP contribution in [0.3, 0.4) is 0 Å². The minimum absolute atomic E-state index is 0.196. The second-order valence-corrected chi connectivity index (χ2v) is 6.27. The molecule has 2 aromatic carbocycles. The summed E-state index contributed by atoms with van der Waals surface area (Å²) in [6, 6.07) is 11.8. The molecule has 152 valence electrons. The van der Waals surface area contributed by atoms with Crippen molar-refractivity contribution >= 4 is 23.8 Å². The first-order chi connectivity index (χ1) is 13.8. The third kappa shape index (κ3) is 4.74. The number of anilines is 1. The van der Waals surface area contributed by atoms with Gasteiger partial charge in [-0.25, -0.2) is 0 Å². The van der Waals surface area contributed by atoms with Gasteiger partial charge in [0.1, 0.15) is 12.3 Å². The van der Waals surface area contributed by atoms with Gasteiger partial charge >= 0.3 is 6.18 Å². The maximum absolute atomic E-state index is 13.0. The summed E-state index contributed by atoms with van der Waals surface area (Å²) in [7, 11) is 1.54. The number of hydrazine groups is 1. The fraction of sp³-hybridized carbons (Fsp3) is 0.167. The Hall–Kier alpha value is -3.34. The predicted molar refractivity (Wildman–Crippen MR) is 103 cm³/mol. The summed E-state index contributed by atoms with van der Waals surface area (Å²) in [5, 5.41) is 6.72. The lowest BCUT2D eigenvalue weighted by Gasteiger charge is -2.15. The first kappa shape index (κ1) is 20.4. The van der Waals surface area contributed by atoms with Gasteiger partial charge in [-0.15, -0.1) is 0 Å². The molecular formula is C18H16F3N5O2S. The largest absolute Gasteiger partial charge is 0.497 e. The summed E-state index contributed by atoms with van der Waals surface area (Å²) in [4.78, 5) is 12.3. The van der Waals surface area contributed by atoms with Gasteiger partial charge in [0.2, 0.25) is 0 Å². The number of nitrogens with zero attached hydrogens (tertiary/aromatic N) is 2. The summed E-state index contributed by atoms with van der Waals surface area (Å²) in [5.41, 5.74) is 4.10. The van der Waals surface area contributed by atoms with Gasteiger partial charge in [0.25, 0.3) is 5.91 Å². The maximum Gasteiger partial charge on any atom is 0.418 e. The first-order valence-electron chi connectivity index (χ1n) is 8.30. The zero-order chi connectivity index (χ0) is 21.0. The number of amides is 1. The van der Waals surface area contributed by atoms with Crippen molar-refractivity contribution in [2.75, 3.05) is 12.5 Å². The van der Waals surface area contributed by atoms with Crippen LogP contribution in [0.1, 0.15) is 5.56 Å². The zero-order valence-electron chi connectivity index (χ0n) is 15.1. The average molecular weight is 423 g/mol. The number of nitrogens with one attached hydrogen (secondary N) is 3. The highest BCUT2D eigenvalue weighted by molar-refractivity contribution is 7.71. The molecule has 3 rings (SSSR count). The quantitative estimate of drug-likeness (QED) is 0.415. The number of carbonyl (C=O) groups excluding carboxylic acids is 1. The van der Waals surface area contributed by atoms with Crippen molar-refractivity contribution in [2.24, 2.45) is 0 Å². The van der Waals surface area contributed by atoms with Crippen LogP contribution in [0.25, 0.3) is 11.4 Å². The summed E-state index contributed by atoms with van der Waals surface area (Å²) in [5.74, 6) is 0.456. The molecule has 11 heteroatoms. The second kappa shape index (κ2) is 8.35. The number of benzene rings is 2. The normalized spacial score (nSPS) is 11.2. The van der Waals surface area contributed by atoms with E-state index < -0.39 is 17.6 Å². The van der Waals surface area contributed by atoms with Crippen molar-refractivity contribution in [3.63, 3.8) is 0 Å². The van der Waals surface area contributed by atoms with E-state index in [0.717, 1.165) is 6.07 Å². The van der Waals surface area contributed by atoms with Gasteiger partial charge in [0.15, 0.2) is 10.6 Å². The standard InChI is InChI=1S/C18H16F3N5O2S/c1-28-12-8-6-11(7-9-12)16-24-25-17(29)26(16)10-15(27)23-22-14-5-3-2-4-13(14)18(19,20)21/h2-9,22H,10H2,1H3,(H,23,27)(H,25,29).